The number of carbonyl (C=O) groups is 1. The van der Waals surface area contributed by atoms with Crippen molar-refractivity contribution in [2.45, 2.75) is 56.9 Å². The molecule has 3 aromatic rings. The van der Waals surface area contributed by atoms with Crippen molar-refractivity contribution in [2.24, 2.45) is 0 Å². The van der Waals surface area contributed by atoms with E-state index in [9.17, 15) is 4.79 Å². The number of hydrogen-bond donors (Lipinski definition) is 1. The average molecular weight is 379 g/mol. The Kier molecular flexibility index (Phi) is 5.26. The number of hydrogen-bond acceptors (Lipinski definition) is 3. The molecule has 0 saturated heterocycles. The van der Waals surface area contributed by atoms with Crippen molar-refractivity contribution in [2.75, 3.05) is 0 Å². The van der Waals surface area contributed by atoms with Crippen LogP contribution in [0.5, 0.6) is 0 Å². The van der Waals surface area contributed by atoms with Crippen LogP contribution in [0.3, 0.4) is 0 Å². The molecular weight excluding hydrogens is 352 g/mol. The Hall–Kier alpha value is -2.20. The summed E-state index contributed by atoms with van der Waals surface area (Å²) in [6.07, 6.45) is 6.52. The second-order valence-electron chi connectivity index (χ2n) is 7.76. The Bertz CT molecular complexity index is 881. The Labute approximate surface area is 164 Å². The first-order chi connectivity index (χ1) is 13.1. The Morgan fingerprint density at radius 3 is 2.52 bits per heavy atom. The lowest BCUT2D eigenvalue weighted by Gasteiger charge is -2.32. The smallest absolute Gasteiger partial charge is 0.231 e. The van der Waals surface area contributed by atoms with E-state index in [1.165, 1.54) is 24.0 Å². The molecule has 2 aromatic carbocycles. The highest BCUT2D eigenvalue weighted by molar-refractivity contribution is 7.18. The third-order valence-corrected chi connectivity index (χ3v) is 6.73. The van der Waals surface area contributed by atoms with Gasteiger partial charge in [0.05, 0.1) is 20.6 Å². The number of nitrogens with zero attached hydrogens (tertiary/aromatic N) is 1. The summed E-state index contributed by atoms with van der Waals surface area (Å²) in [4.78, 5) is 18.2. The molecule has 1 heterocycles. The van der Waals surface area contributed by atoms with Crippen LogP contribution in [0.15, 0.2) is 54.6 Å². The van der Waals surface area contributed by atoms with Gasteiger partial charge in [0.15, 0.2) is 0 Å². The highest BCUT2D eigenvalue weighted by atomic mass is 32.1. The van der Waals surface area contributed by atoms with Gasteiger partial charge in [-0.25, -0.2) is 4.98 Å². The molecule has 0 radical (unpaired) electrons. The number of benzene rings is 2. The van der Waals surface area contributed by atoms with Gasteiger partial charge in [0.1, 0.15) is 0 Å². The first kappa shape index (κ1) is 18.2. The molecule has 3 nitrogen and oxygen atoms in total. The Balaban J connectivity index is 1.64. The van der Waals surface area contributed by atoms with Crippen molar-refractivity contribution in [3.63, 3.8) is 0 Å². The zero-order chi connectivity index (χ0) is 18.7. The van der Waals surface area contributed by atoms with E-state index < -0.39 is 5.41 Å². The van der Waals surface area contributed by atoms with Gasteiger partial charge >= 0.3 is 0 Å². The van der Waals surface area contributed by atoms with E-state index in [0.29, 0.717) is 12.5 Å². The molecule has 0 unspecified atom stereocenters. The standard InChI is InChI=1S/C23H26N2OS/c1-23(17-10-4-2-5-11-17,22(26)24-18-12-6-3-7-13-18)16-21-25-19-14-8-9-15-20(19)27-21/h2,4-5,8-11,14-15,18H,3,6-7,12-13,16H2,1H3,(H,24,26)/t23-/m1/s1. The van der Waals surface area contributed by atoms with E-state index in [4.69, 9.17) is 4.98 Å². The van der Waals surface area contributed by atoms with Crippen LogP contribution in [0.1, 0.15) is 49.6 Å². The number of aromatic nitrogens is 1. The maximum Gasteiger partial charge on any atom is 0.231 e. The van der Waals surface area contributed by atoms with Crippen LogP contribution in [0, 0.1) is 0 Å². The van der Waals surface area contributed by atoms with Gasteiger partial charge in [0.2, 0.25) is 5.91 Å². The molecule has 1 aliphatic carbocycles. The fraction of sp³-hybridized carbons (Fsp3) is 0.391. The molecule has 1 atom stereocenters. The third kappa shape index (κ3) is 3.91. The van der Waals surface area contributed by atoms with E-state index >= 15 is 0 Å². The molecule has 1 saturated carbocycles. The van der Waals surface area contributed by atoms with Crippen molar-refractivity contribution in [1.29, 1.82) is 0 Å². The number of carbonyl (C=O) groups excluding carboxylic acids is 1. The Morgan fingerprint density at radius 1 is 1.07 bits per heavy atom. The second kappa shape index (κ2) is 7.81. The minimum Gasteiger partial charge on any atom is -0.353 e. The first-order valence-electron chi connectivity index (χ1n) is 9.86. The van der Waals surface area contributed by atoms with Crippen LogP contribution < -0.4 is 5.32 Å². The lowest BCUT2D eigenvalue weighted by Crippen LogP contribution is -2.48. The van der Waals surface area contributed by atoms with Crippen molar-refractivity contribution in [3.8, 4) is 0 Å². The molecule has 1 aliphatic rings. The molecule has 27 heavy (non-hydrogen) atoms. The third-order valence-electron chi connectivity index (χ3n) is 5.70. The largest absolute Gasteiger partial charge is 0.353 e. The van der Waals surface area contributed by atoms with Crippen molar-refractivity contribution < 1.29 is 4.79 Å². The monoisotopic (exact) mass is 378 g/mol. The normalized spacial score (nSPS) is 17.5. The number of fused-ring (bicyclic) bond motifs is 1. The molecule has 4 rings (SSSR count). The minimum absolute atomic E-state index is 0.125. The van der Waals surface area contributed by atoms with Gasteiger partial charge in [0.25, 0.3) is 0 Å². The van der Waals surface area contributed by atoms with E-state index in [1.807, 2.05) is 36.4 Å². The summed E-state index contributed by atoms with van der Waals surface area (Å²) < 4.78 is 1.18. The fourth-order valence-electron chi connectivity index (χ4n) is 4.01. The molecule has 1 fully saturated rings. The Morgan fingerprint density at radius 2 is 1.78 bits per heavy atom. The summed E-state index contributed by atoms with van der Waals surface area (Å²) >= 11 is 1.69. The van der Waals surface area contributed by atoms with Gasteiger partial charge in [-0.2, -0.15) is 0 Å². The maximum atomic E-state index is 13.4. The predicted octanol–water partition coefficient (Wildman–Crippen LogP) is 5.25. The van der Waals surface area contributed by atoms with E-state index in [1.54, 1.807) is 11.3 Å². The summed E-state index contributed by atoms with van der Waals surface area (Å²) in [5.74, 6) is 0.125. The molecule has 4 heteroatoms. The summed E-state index contributed by atoms with van der Waals surface area (Å²) in [5.41, 5.74) is 1.45. The van der Waals surface area contributed by atoms with Crippen LogP contribution in [0.2, 0.25) is 0 Å². The molecule has 140 valence electrons. The zero-order valence-corrected chi connectivity index (χ0v) is 16.6. The maximum absolute atomic E-state index is 13.4. The highest BCUT2D eigenvalue weighted by Gasteiger charge is 2.37. The predicted molar refractivity (Wildman–Crippen MR) is 112 cm³/mol. The van der Waals surface area contributed by atoms with E-state index in [-0.39, 0.29) is 5.91 Å². The summed E-state index contributed by atoms with van der Waals surface area (Å²) in [6, 6.07) is 18.6. The quantitative estimate of drug-likeness (QED) is 0.659. The van der Waals surface area contributed by atoms with Crippen LogP contribution in [0.25, 0.3) is 10.2 Å². The van der Waals surface area contributed by atoms with Gasteiger partial charge < -0.3 is 5.32 Å². The average Bonchev–Trinajstić information content (AvgIpc) is 3.11. The molecule has 0 bridgehead atoms. The topological polar surface area (TPSA) is 42.0 Å². The highest BCUT2D eigenvalue weighted by Crippen LogP contribution is 2.33. The molecule has 0 spiro atoms. The summed E-state index contributed by atoms with van der Waals surface area (Å²) in [5, 5.41) is 4.37. The molecule has 1 amide bonds. The molecule has 1 N–H and O–H groups in total. The molecule has 1 aromatic heterocycles. The van der Waals surface area contributed by atoms with Crippen molar-refractivity contribution >= 4 is 27.5 Å². The SMILES string of the molecule is C[C@](Cc1nc2ccccc2s1)(C(=O)NC1CCCCC1)c1ccccc1. The second-order valence-corrected chi connectivity index (χ2v) is 8.87. The molecular formula is C23H26N2OS. The molecule has 0 aliphatic heterocycles. The number of amides is 1. The van der Waals surface area contributed by atoms with Crippen molar-refractivity contribution in [3.05, 3.63) is 65.2 Å². The van der Waals surface area contributed by atoms with E-state index in [0.717, 1.165) is 28.9 Å². The van der Waals surface area contributed by atoms with Gasteiger partial charge in [0, 0.05) is 12.5 Å². The van der Waals surface area contributed by atoms with Gasteiger partial charge in [-0.3, -0.25) is 4.79 Å². The summed E-state index contributed by atoms with van der Waals surface area (Å²) in [7, 11) is 0. The van der Waals surface area contributed by atoms with Gasteiger partial charge in [-0.15, -0.1) is 11.3 Å². The fourth-order valence-corrected chi connectivity index (χ4v) is 5.13. The van der Waals surface area contributed by atoms with Gasteiger partial charge in [-0.1, -0.05) is 61.7 Å². The van der Waals surface area contributed by atoms with Crippen LogP contribution in [0.4, 0.5) is 0 Å². The van der Waals surface area contributed by atoms with Crippen LogP contribution in [-0.2, 0) is 16.6 Å². The minimum atomic E-state index is -0.618. The first-order valence-corrected chi connectivity index (χ1v) is 10.7. The van der Waals surface area contributed by atoms with Crippen LogP contribution in [-0.4, -0.2) is 16.9 Å². The lowest BCUT2D eigenvalue weighted by atomic mass is 9.78. The summed E-state index contributed by atoms with van der Waals surface area (Å²) in [6.45, 7) is 2.06. The van der Waals surface area contributed by atoms with Crippen LogP contribution >= 0.6 is 11.3 Å². The number of thiazole rings is 1. The number of rotatable bonds is 5. The zero-order valence-electron chi connectivity index (χ0n) is 15.8. The number of nitrogens with one attached hydrogen (secondary N) is 1. The van der Waals surface area contributed by atoms with Crippen molar-refractivity contribution in [1.82, 2.24) is 10.3 Å². The number of para-hydroxylation sites is 1. The lowest BCUT2D eigenvalue weighted by molar-refractivity contribution is -0.127. The van der Waals surface area contributed by atoms with E-state index in [2.05, 4.69) is 30.4 Å². The van der Waals surface area contributed by atoms with Gasteiger partial charge in [-0.05, 0) is 37.5 Å².